The highest BCUT2D eigenvalue weighted by molar-refractivity contribution is 5.86. The Labute approximate surface area is 183 Å². The molecule has 1 fully saturated rings. The number of hydrogen-bond acceptors (Lipinski definition) is 2. The monoisotopic (exact) mass is 434 g/mol. The van der Waals surface area contributed by atoms with Crippen molar-refractivity contribution < 1.29 is 18.0 Å². The molecule has 0 bridgehead atoms. The van der Waals surface area contributed by atoms with Gasteiger partial charge in [0.2, 0.25) is 5.91 Å². The average Bonchev–Trinajstić information content (AvgIpc) is 2.95. The second-order valence-corrected chi connectivity index (χ2v) is 9.25. The third kappa shape index (κ3) is 5.59. The molecule has 31 heavy (non-hydrogen) atoms. The summed E-state index contributed by atoms with van der Waals surface area (Å²) in [7, 11) is 0. The summed E-state index contributed by atoms with van der Waals surface area (Å²) in [5.74, 6) is -0.385. The van der Waals surface area contributed by atoms with Crippen LogP contribution in [-0.4, -0.2) is 22.6 Å². The maximum Gasteiger partial charge on any atom is 0.409 e. The topological polar surface area (TPSA) is 32.3 Å². The van der Waals surface area contributed by atoms with Crippen LogP contribution in [0.15, 0.2) is 36.4 Å². The van der Waals surface area contributed by atoms with Gasteiger partial charge >= 0.3 is 6.18 Å². The first-order valence-corrected chi connectivity index (χ1v) is 11.3. The molecule has 0 radical (unpaired) electrons. The van der Waals surface area contributed by atoms with E-state index in [1.54, 1.807) is 26.0 Å². The Hall–Kier alpha value is -2.08. The second kappa shape index (κ2) is 9.60. The van der Waals surface area contributed by atoms with Crippen LogP contribution < -0.4 is 5.43 Å². The molecule has 1 aliphatic rings. The molecular weight excluding hydrogens is 401 g/mol. The lowest BCUT2D eigenvalue weighted by atomic mass is 9.93. The highest BCUT2D eigenvalue weighted by Gasteiger charge is 2.53. The predicted octanol–water partition coefficient (Wildman–Crippen LogP) is 6.86. The third-order valence-electron chi connectivity index (χ3n) is 6.17. The number of nitrogens with zero attached hydrogens (tertiary/aromatic N) is 1. The molecule has 1 amide bonds. The van der Waals surface area contributed by atoms with Gasteiger partial charge in [-0.25, -0.2) is 0 Å². The smallest absolute Gasteiger partial charge is 0.287 e. The number of rotatable bonds is 9. The molecule has 0 aromatic heterocycles. The van der Waals surface area contributed by atoms with Gasteiger partial charge in [0.1, 0.15) is 0 Å². The number of hydrazine groups is 1. The number of nitrogens with one attached hydrogen (secondary N) is 1. The number of unbranched alkanes of at least 4 members (excludes halogenated alkanes) is 5. The minimum Gasteiger partial charge on any atom is -0.287 e. The number of alkyl halides is 3. The average molecular weight is 435 g/mol. The van der Waals surface area contributed by atoms with E-state index in [1.165, 1.54) is 31.7 Å². The van der Waals surface area contributed by atoms with Crippen molar-refractivity contribution in [3.8, 4) is 0 Å². The fraction of sp³-hybridized carbons (Fsp3) is 0.560. The molecule has 0 spiro atoms. The Balaban J connectivity index is 1.89. The highest BCUT2D eigenvalue weighted by Crippen LogP contribution is 2.43. The van der Waals surface area contributed by atoms with E-state index < -0.39 is 17.8 Å². The van der Waals surface area contributed by atoms with Crippen molar-refractivity contribution in [2.75, 3.05) is 0 Å². The second-order valence-electron chi connectivity index (χ2n) is 9.25. The van der Waals surface area contributed by atoms with E-state index in [9.17, 15) is 18.0 Å². The van der Waals surface area contributed by atoms with Gasteiger partial charge in [-0.05, 0) is 54.7 Å². The largest absolute Gasteiger partial charge is 0.409 e. The van der Waals surface area contributed by atoms with Crippen molar-refractivity contribution in [3.05, 3.63) is 47.5 Å². The summed E-state index contributed by atoms with van der Waals surface area (Å²) < 4.78 is 42.6. The number of benzene rings is 2. The standard InChI is InChI=1S/C25H33F3N2O/c1-4-5-6-7-8-9-11-18-12-10-13-19-14-15-20(16-21(18)19)23(25(26,27)28)30-24(2,3)17-22(31)29-30/h10,12-16,23H,4-9,11,17H2,1-3H3,(H,29,31). The van der Waals surface area contributed by atoms with E-state index in [1.807, 2.05) is 18.2 Å². The fourth-order valence-electron chi connectivity index (χ4n) is 4.54. The molecule has 1 aliphatic heterocycles. The van der Waals surface area contributed by atoms with Gasteiger partial charge in [0, 0.05) is 12.0 Å². The molecule has 3 nitrogen and oxygen atoms in total. The van der Waals surface area contributed by atoms with Crippen LogP contribution >= 0.6 is 0 Å². The van der Waals surface area contributed by atoms with Crippen molar-refractivity contribution in [2.45, 2.75) is 89.9 Å². The Kier molecular flexibility index (Phi) is 7.30. The Bertz CT molecular complexity index is 907. The lowest BCUT2D eigenvalue weighted by molar-refractivity contribution is -0.203. The summed E-state index contributed by atoms with van der Waals surface area (Å²) in [4.78, 5) is 11.9. The van der Waals surface area contributed by atoms with Crippen LogP contribution in [0.4, 0.5) is 13.2 Å². The molecule has 0 aliphatic carbocycles. The number of amides is 1. The van der Waals surface area contributed by atoms with E-state index in [0.717, 1.165) is 40.6 Å². The molecule has 6 heteroatoms. The van der Waals surface area contributed by atoms with Crippen molar-refractivity contribution in [3.63, 3.8) is 0 Å². The van der Waals surface area contributed by atoms with Crippen LogP contribution in [0.2, 0.25) is 0 Å². The van der Waals surface area contributed by atoms with E-state index in [2.05, 4.69) is 12.3 Å². The van der Waals surface area contributed by atoms with Gasteiger partial charge in [0.15, 0.2) is 6.04 Å². The van der Waals surface area contributed by atoms with Crippen LogP contribution in [0.3, 0.4) is 0 Å². The first-order valence-electron chi connectivity index (χ1n) is 11.3. The molecule has 1 saturated heterocycles. The number of fused-ring (bicyclic) bond motifs is 1. The molecule has 1 heterocycles. The summed E-state index contributed by atoms with van der Waals surface area (Å²) in [6, 6.07) is 9.01. The van der Waals surface area contributed by atoms with Gasteiger partial charge in [-0.1, -0.05) is 69.4 Å². The van der Waals surface area contributed by atoms with Gasteiger partial charge in [0.25, 0.3) is 0 Å². The zero-order valence-electron chi connectivity index (χ0n) is 18.7. The van der Waals surface area contributed by atoms with Crippen LogP contribution in [0.1, 0.15) is 82.9 Å². The van der Waals surface area contributed by atoms with Crippen molar-refractivity contribution in [1.29, 1.82) is 0 Å². The summed E-state index contributed by atoms with van der Waals surface area (Å²) in [5, 5.41) is 2.89. The van der Waals surface area contributed by atoms with E-state index in [4.69, 9.17) is 0 Å². The van der Waals surface area contributed by atoms with Gasteiger partial charge in [-0.3, -0.25) is 10.2 Å². The van der Waals surface area contributed by atoms with Gasteiger partial charge < -0.3 is 0 Å². The summed E-state index contributed by atoms with van der Waals surface area (Å²) in [6.45, 7) is 5.51. The SMILES string of the molecule is CCCCCCCCc1cccc2ccc(C(N3NC(=O)CC3(C)C)C(F)(F)F)cc12. The zero-order valence-corrected chi connectivity index (χ0v) is 18.7. The maximum atomic E-state index is 14.2. The summed E-state index contributed by atoms with van der Waals surface area (Å²) in [6.07, 6.45) is 3.44. The van der Waals surface area contributed by atoms with Gasteiger partial charge in [0.05, 0.1) is 0 Å². The third-order valence-corrected chi connectivity index (χ3v) is 6.17. The van der Waals surface area contributed by atoms with Crippen LogP contribution in [0.25, 0.3) is 10.8 Å². The van der Waals surface area contributed by atoms with E-state index >= 15 is 0 Å². The van der Waals surface area contributed by atoms with Gasteiger partial charge in [-0.15, -0.1) is 0 Å². The summed E-state index contributed by atoms with van der Waals surface area (Å²) >= 11 is 0. The van der Waals surface area contributed by atoms with Crippen LogP contribution in [-0.2, 0) is 11.2 Å². The molecule has 170 valence electrons. The van der Waals surface area contributed by atoms with Crippen LogP contribution in [0.5, 0.6) is 0 Å². The fourth-order valence-corrected chi connectivity index (χ4v) is 4.54. The van der Waals surface area contributed by atoms with Crippen molar-refractivity contribution >= 4 is 16.7 Å². The minimum atomic E-state index is -4.52. The number of carbonyl (C=O) groups is 1. The molecule has 0 saturated carbocycles. The normalized spacial score (nSPS) is 17.8. The predicted molar refractivity (Wildman–Crippen MR) is 119 cm³/mol. The highest BCUT2D eigenvalue weighted by atomic mass is 19.4. The Morgan fingerprint density at radius 2 is 1.77 bits per heavy atom. The van der Waals surface area contributed by atoms with Crippen molar-refractivity contribution in [2.24, 2.45) is 0 Å². The molecule has 1 atom stereocenters. The quantitative estimate of drug-likeness (QED) is 0.437. The molecule has 2 aromatic carbocycles. The summed E-state index contributed by atoms with van der Waals surface area (Å²) in [5.41, 5.74) is 2.76. The molecule has 2 aromatic rings. The number of hydrogen-bond donors (Lipinski definition) is 1. The molecule has 3 rings (SSSR count). The number of halogens is 3. The molecule has 1 N–H and O–H groups in total. The molecule has 1 unspecified atom stereocenters. The Morgan fingerprint density at radius 3 is 2.42 bits per heavy atom. The lowest BCUT2D eigenvalue weighted by Crippen LogP contribution is -2.51. The van der Waals surface area contributed by atoms with E-state index in [0.29, 0.717) is 0 Å². The molecular formula is C25H33F3N2O. The minimum absolute atomic E-state index is 0.0381. The van der Waals surface area contributed by atoms with Crippen molar-refractivity contribution in [1.82, 2.24) is 10.4 Å². The number of carbonyl (C=O) groups excluding carboxylic acids is 1. The zero-order chi connectivity index (χ0) is 22.6. The van der Waals surface area contributed by atoms with E-state index in [-0.39, 0.29) is 17.9 Å². The maximum absolute atomic E-state index is 14.2. The number of aryl methyl sites for hydroxylation is 1. The lowest BCUT2D eigenvalue weighted by Gasteiger charge is -2.38. The first-order chi connectivity index (χ1) is 14.6. The Morgan fingerprint density at radius 1 is 1.06 bits per heavy atom. The van der Waals surface area contributed by atoms with Crippen LogP contribution in [0, 0.1) is 0 Å². The first kappa shape index (κ1) is 23.6. The van der Waals surface area contributed by atoms with Gasteiger partial charge in [-0.2, -0.15) is 18.2 Å².